The lowest BCUT2D eigenvalue weighted by atomic mass is 9.82. The molecule has 0 fully saturated rings. The smallest absolute Gasteiger partial charge is 0.387 e. The highest BCUT2D eigenvalue weighted by atomic mass is 35.5. The van der Waals surface area contributed by atoms with E-state index in [0.717, 1.165) is 22.3 Å². The molecule has 1 atom stereocenters. The van der Waals surface area contributed by atoms with Crippen molar-refractivity contribution in [1.82, 2.24) is 0 Å². The summed E-state index contributed by atoms with van der Waals surface area (Å²) in [4.78, 5) is 4.60. The number of aliphatic imine (C=N–C) groups is 1. The summed E-state index contributed by atoms with van der Waals surface area (Å²) in [6, 6.07) is 20.5. The van der Waals surface area contributed by atoms with Crippen LogP contribution >= 0.6 is 11.6 Å². The molecular weight excluding hydrogens is 410 g/mol. The Morgan fingerprint density at radius 3 is 2.37 bits per heavy atom. The summed E-state index contributed by atoms with van der Waals surface area (Å²) >= 11 is 6.15. The van der Waals surface area contributed by atoms with Crippen LogP contribution in [0.4, 0.5) is 8.78 Å². The number of alkyl halides is 2. The SMILES string of the molecule is Cc1cc([C@@]2(c3cccc(-c4cccc(Cl)c4)c3)COC(N)=N2)ccc1OC(F)F. The first kappa shape index (κ1) is 20.2. The lowest BCUT2D eigenvalue weighted by Gasteiger charge is -2.26. The standard InChI is InChI=1S/C23H19ClF2N2O2/c1-14-10-18(8-9-20(14)30-21(25)26)23(13-29-22(27)28-23)17-6-2-4-15(11-17)16-5-3-7-19(24)12-16/h2-12,21H,13H2,1H3,(H2,27,28)/t23-/m0/s1. The van der Waals surface area contributed by atoms with Crippen LogP contribution in [0.25, 0.3) is 11.1 Å². The fourth-order valence-electron chi connectivity index (χ4n) is 3.65. The zero-order valence-electron chi connectivity index (χ0n) is 16.1. The van der Waals surface area contributed by atoms with E-state index in [-0.39, 0.29) is 18.4 Å². The van der Waals surface area contributed by atoms with E-state index in [9.17, 15) is 8.78 Å². The first-order valence-corrected chi connectivity index (χ1v) is 9.66. The van der Waals surface area contributed by atoms with Crippen LogP contribution in [0.5, 0.6) is 5.75 Å². The summed E-state index contributed by atoms with van der Waals surface area (Å²) in [5.74, 6) is 0.118. The van der Waals surface area contributed by atoms with Gasteiger partial charge in [0.05, 0.1) is 0 Å². The Kier molecular flexibility index (Phi) is 5.35. The van der Waals surface area contributed by atoms with E-state index in [1.165, 1.54) is 6.07 Å². The molecule has 1 heterocycles. The van der Waals surface area contributed by atoms with Gasteiger partial charge in [-0.1, -0.05) is 48.0 Å². The zero-order valence-corrected chi connectivity index (χ0v) is 16.9. The predicted octanol–water partition coefficient (Wildman–Crippen LogP) is 5.51. The van der Waals surface area contributed by atoms with Crippen molar-refractivity contribution in [1.29, 1.82) is 0 Å². The second kappa shape index (κ2) is 7.95. The van der Waals surface area contributed by atoms with E-state index < -0.39 is 12.2 Å². The second-order valence-electron chi connectivity index (χ2n) is 7.05. The molecule has 0 aliphatic carbocycles. The Balaban J connectivity index is 1.81. The molecule has 4 nitrogen and oxygen atoms in total. The molecule has 0 saturated heterocycles. The average molecular weight is 429 g/mol. The van der Waals surface area contributed by atoms with Gasteiger partial charge in [0.15, 0.2) is 5.54 Å². The molecule has 0 aromatic heterocycles. The minimum atomic E-state index is -2.89. The van der Waals surface area contributed by atoms with Gasteiger partial charge in [-0.3, -0.25) is 0 Å². The van der Waals surface area contributed by atoms with Crippen LogP contribution < -0.4 is 10.5 Å². The van der Waals surface area contributed by atoms with Crippen molar-refractivity contribution in [2.75, 3.05) is 6.61 Å². The number of ether oxygens (including phenoxy) is 2. The van der Waals surface area contributed by atoms with Crippen molar-refractivity contribution in [2.45, 2.75) is 19.1 Å². The van der Waals surface area contributed by atoms with Crippen molar-refractivity contribution in [2.24, 2.45) is 10.7 Å². The summed E-state index contributed by atoms with van der Waals surface area (Å²) in [5.41, 5.74) is 9.11. The number of rotatable bonds is 5. The first-order chi connectivity index (χ1) is 14.4. The normalized spacial score (nSPS) is 18.2. The van der Waals surface area contributed by atoms with Crippen molar-refractivity contribution in [3.63, 3.8) is 0 Å². The van der Waals surface area contributed by atoms with Crippen LogP contribution in [0.2, 0.25) is 5.02 Å². The molecule has 0 bridgehead atoms. The lowest BCUT2D eigenvalue weighted by molar-refractivity contribution is -0.0503. The van der Waals surface area contributed by atoms with Crippen LogP contribution in [0.1, 0.15) is 16.7 Å². The van der Waals surface area contributed by atoms with Gasteiger partial charge >= 0.3 is 6.61 Å². The fourth-order valence-corrected chi connectivity index (χ4v) is 3.84. The number of hydrogen-bond donors (Lipinski definition) is 1. The largest absolute Gasteiger partial charge is 0.462 e. The van der Waals surface area contributed by atoms with Crippen LogP contribution in [-0.4, -0.2) is 19.2 Å². The van der Waals surface area contributed by atoms with Crippen LogP contribution in [0.15, 0.2) is 71.7 Å². The van der Waals surface area contributed by atoms with Crippen LogP contribution in [0, 0.1) is 6.92 Å². The van der Waals surface area contributed by atoms with Gasteiger partial charge in [0, 0.05) is 5.02 Å². The Bertz CT molecular complexity index is 1120. The van der Waals surface area contributed by atoms with Crippen molar-refractivity contribution >= 4 is 17.6 Å². The number of nitrogens with zero attached hydrogens (tertiary/aromatic N) is 1. The maximum atomic E-state index is 12.6. The van der Waals surface area contributed by atoms with Gasteiger partial charge in [-0.2, -0.15) is 8.78 Å². The molecule has 7 heteroatoms. The number of hydrogen-bond acceptors (Lipinski definition) is 4. The number of benzene rings is 3. The van der Waals surface area contributed by atoms with E-state index in [1.54, 1.807) is 19.1 Å². The quantitative estimate of drug-likeness (QED) is 0.583. The molecule has 4 rings (SSSR count). The predicted molar refractivity (Wildman–Crippen MR) is 113 cm³/mol. The molecule has 0 spiro atoms. The molecule has 2 N–H and O–H groups in total. The molecule has 0 amide bonds. The minimum Gasteiger partial charge on any atom is -0.462 e. The topological polar surface area (TPSA) is 56.8 Å². The highest BCUT2D eigenvalue weighted by molar-refractivity contribution is 6.30. The summed E-state index contributed by atoms with van der Waals surface area (Å²) < 4.78 is 35.4. The third-order valence-electron chi connectivity index (χ3n) is 5.10. The number of halogens is 3. The third-order valence-corrected chi connectivity index (χ3v) is 5.33. The highest BCUT2D eigenvalue weighted by Gasteiger charge is 2.40. The Morgan fingerprint density at radius 2 is 1.73 bits per heavy atom. The lowest BCUT2D eigenvalue weighted by Crippen LogP contribution is -2.27. The average Bonchev–Trinajstić information content (AvgIpc) is 3.12. The molecule has 0 unspecified atom stereocenters. The molecule has 3 aromatic carbocycles. The molecule has 3 aromatic rings. The molecule has 154 valence electrons. The number of aryl methyl sites for hydroxylation is 1. The van der Waals surface area contributed by atoms with Gasteiger partial charge in [-0.15, -0.1) is 0 Å². The maximum absolute atomic E-state index is 12.6. The van der Waals surface area contributed by atoms with Gasteiger partial charge in [0.25, 0.3) is 6.02 Å². The van der Waals surface area contributed by atoms with E-state index in [1.807, 2.05) is 48.5 Å². The molecule has 1 aliphatic rings. The van der Waals surface area contributed by atoms with E-state index in [0.29, 0.717) is 10.6 Å². The maximum Gasteiger partial charge on any atom is 0.387 e. The van der Waals surface area contributed by atoms with Gasteiger partial charge < -0.3 is 15.2 Å². The summed E-state index contributed by atoms with van der Waals surface area (Å²) in [7, 11) is 0. The summed E-state index contributed by atoms with van der Waals surface area (Å²) in [6.07, 6.45) is 0. The van der Waals surface area contributed by atoms with Gasteiger partial charge in [-0.05, 0) is 65.1 Å². The van der Waals surface area contributed by atoms with E-state index >= 15 is 0 Å². The Hall–Kier alpha value is -3.12. The van der Waals surface area contributed by atoms with Crippen LogP contribution in [-0.2, 0) is 10.3 Å². The second-order valence-corrected chi connectivity index (χ2v) is 7.49. The Labute approximate surface area is 177 Å². The molecule has 1 aliphatic heterocycles. The van der Waals surface area contributed by atoms with Gasteiger partial charge in [-0.25, -0.2) is 4.99 Å². The highest BCUT2D eigenvalue weighted by Crippen LogP contribution is 2.40. The number of nitrogens with two attached hydrogens (primary N) is 1. The summed E-state index contributed by atoms with van der Waals surface area (Å²) in [6.45, 7) is -0.978. The molecule has 0 saturated carbocycles. The minimum absolute atomic E-state index is 0.0775. The van der Waals surface area contributed by atoms with E-state index in [2.05, 4.69) is 9.73 Å². The zero-order chi connectivity index (χ0) is 21.3. The molecular formula is C23H19ClF2N2O2. The van der Waals surface area contributed by atoms with Crippen molar-refractivity contribution in [3.8, 4) is 16.9 Å². The summed E-state index contributed by atoms with van der Waals surface area (Å²) in [5, 5.41) is 0.643. The van der Waals surface area contributed by atoms with Gasteiger partial charge in [0.1, 0.15) is 12.4 Å². The Morgan fingerprint density at radius 1 is 1.03 bits per heavy atom. The molecule has 0 radical (unpaired) electrons. The van der Waals surface area contributed by atoms with E-state index in [4.69, 9.17) is 22.1 Å². The monoisotopic (exact) mass is 428 g/mol. The molecule has 30 heavy (non-hydrogen) atoms. The van der Waals surface area contributed by atoms with Gasteiger partial charge in [0.2, 0.25) is 0 Å². The van der Waals surface area contributed by atoms with Crippen molar-refractivity contribution < 1.29 is 18.3 Å². The van der Waals surface area contributed by atoms with Crippen LogP contribution in [0.3, 0.4) is 0 Å². The third kappa shape index (κ3) is 3.83. The van der Waals surface area contributed by atoms with Crippen molar-refractivity contribution in [3.05, 3.63) is 88.4 Å². The first-order valence-electron chi connectivity index (χ1n) is 9.28. The number of amidine groups is 1. The fraction of sp³-hybridized carbons (Fsp3) is 0.174.